The average Bonchev–Trinajstić information content (AvgIpc) is 3.02. The van der Waals surface area contributed by atoms with Crippen LogP contribution in [0, 0.1) is 5.92 Å². The summed E-state index contributed by atoms with van der Waals surface area (Å²) < 4.78 is 0. The number of anilines is 1. The summed E-state index contributed by atoms with van der Waals surface area (Å²) in [5.41, 5.74) is 7.70. The van der Waals surface area contributed by atoms with Gasteiger partial charge in [-0.3, -0.25) is 9.59 Å². The number of benzene rings is 2. The fraction of sp³-hybridized carbons (Fsp3) is 0.263. The Hall–Kier alpha value is -2.37. The molecule has 0 saturated carbocycles. The molecule has 130 valence electrons. The fourth-order valence-corrected chi connectivity index (χ4v) is 3.20. The van der Waals surface area contributed by atoms with Gasteiger partial charge >= 0.3 is 0 Å². The van der Waals surface area contributed by atoms with E-state index in [1.165, 1.54) is 0 Å². The molecule has 5 nitrogen and oxygen atoms in total. The minimum absolute atomic E-state index is 0.0967. The van der Waals surface area contributed by atoms with Crippen LogP contribution in [0.15, 0.2) is 54.6 Å². The zero-order chi connectivity index (χ0) is 17.8. The SMILES string of the molecule is NC(CNC(=O)C1CC(=O)N(c2ccccc2Cl)C1)c1ccccc1. The third kappa shape index (κ3) is 4.00. The highest BCUT2D eigenvalue weighted by Crippen LogP contribution is 2.31. The first-order valence-electron chi connectivity index (χ1n) is 8.19. The molecule has 0 bridgehead atoms. The molecule has 3 rings (SSSR count). The molecule has 0 radical (unpaired) electrons. The number of halogens is 1. The zero-order valence-electron chi connectivity index (χ0n) is 13.7. The fourth-order valence-electron chi connectivity index (χ4n) is 2.96. The van der Waals surface area contributed by atoms with Crippen LogP contribution in [0.2, 0.25) is 5.02 Å². The molecule has 2 amide bonds. The number of carbonyl (C=O) groups excluding carboxylic acids is 2. The molecule has 0 aromatic heterocycles. The van der Waals surface area contributed by atoms with E-state index in [1.807, 2.05) is 42.5 Å². The summed E-state index contributed by atoms with van der Waals surface area (Å²) in [7, 11) is 0. The zero-order valence-corrected chi connectivity index (χ0v) is 14.4. The van der Waals surface area contributed by atoms with E-state index in [4.69, 9.17) is 17.3 Å². The first-order valence-corrected chi connectivity index (χ1v) is 8.57. The largest absolute Gasteiger partial charge is 0.354 e. The molecule has 2 atom stereocenters. The Kier molecular flexibility index (Phi) is 5.36. The normalized spacial score (nSPS) is 18.2. The van der Waals surface area contributed by atoms with E-state index in [0.29, 0.717) is 23.8 Å². The van der Waals surface area contributed by atoms with Crippen molar-refractivity contribution in [2.75, 3.05) is 18.0 Å². The Labute approximate surface area is 151 Å². The van der Waals surface area contributed by atoms with Crippen LogP contribution in [-0.2, 0) is 9.59 Å². The molecular formula is C19H20ClN3O2. The number of nitrogens with two attached hydrogens (primary N) is 1. The summed E-state index contributed by atoms with van der Waals surface area (Å²) in [6.07, 6.45) is 0.178. The van der Waals surface area contributed by atoms with Crippen LogP contribution in [0.5, 0.6) is 0 Å². The van der Waals surface area contributed by atoms with Gasteiger partial charge in [-0.15, -0.1) is 0 Å². The topological polar surface area (TPSA) is 75.4 Å². The molecule has 1 heterocycles. The van der Waals surface area contributed by atoms with Crippen molar-refractivity contribution in [1.29, 1.82) is 0 Å². The molecule has 1 saturated heterocycles. The van der Waals surface area contributed by atoms with Gasteiger partial charge < -0.3 is 16.0 Å². The lowest BCUT2D eigenvalue weighted by Crippen LogP contribution is -2.37. The summed E-state index contributed by atoms with van der Waals surface area (Å²) in [6.45, 7) is 0.661. The number of carbonyl (C=O) groups is 2. The Bertz CT molecular complexity index is 766. The van der Waals surface area contributed by atoms with Gasteiger partial charge in [-0.1, -0.05) is 54.1 Å². The minimum atomic E-state index is -0.397. The second-order valence-corrected chi connectivity index (χ2v) is 6.53. The standard InChI is InChI=1S/C19H20ClN3O2/c20-15-8-4-5-9-17(15)23-12-14(10-18(23)24)19(25)22-11-16(21)13-6-2-1-3-7-13/h1-9,14,16H,10-12,21H2,(H,22,25). The number of amides is 2. The van der Waals surface area contributed by atoms with Crippen molar-refractivity contribution in [3.05, 3.63) is 65.2 Å². The van der Waals surface area contributed by atoms with Crippen molar-refractivity contribution in [2.24, 2.45) is 11.7 Å². The molecule has 1 fully saturated rings. The van der Waals surface area contributed by atoms with Gasteiger partial charge in [-0.25, -0.2) is 0 Å². The molecular weight excluding hydrogens is 338 g/mol. The van der Waals surface area contributed by atoms with Crippen molar-refractivity contribution < 1.29 is 9.59 Å². The lowest BCUT2D eigenvalue weighted by Gasteiger charge is -2.18. The monoisotopic (exact) mass is 357 g/mol. The van der Waals surface area contributed by atoms with Crippen LogP contribution in [0.3, 0.4) is 0 Å². The molecule has 1 aliphatic heterocycles. The molecule has 25 heavy (non-hydrogen) atoms. The van der Waals surface area contributed by atoms with E-state index < -0.39 is 5.92 Å². The Balaban J connectivity index is 1.59. The van der Waals surface area contributed by atoms with Gasteiger partial charge in [0.05, 0.1) is 16.6 Å². The van der Waals surface area contributed by atoms with Crippen molar-refractivity contribution >= 4 is 29.1 Å². The van der Waals surface area contributed by atoms with Gasteiger partial charge in [0.15, 0.2) is 0 Å². The Morgan fingerprint density at radius 1 is 1.20 bits per heavy atom. The maximum Gasteiger partial charge on any atom is 0.227 e. The number of nitrogens with zero attached hydrogens (tertiary/aromatic N) is 1. The molecule has 6 heteroatoms. The van der Waals surface area contributed by atoms with Crippen molar-refractivity contribution in [2.45, 2.75) is 12.5 Å². The molecule has 2 aromatic carbocycles. The summed E-state index contributed by atoms with van der Waals surface area (Å²) >= 11 is 6.16. The predicted octanol–water partition coefficient (Wildman–Crippen LogP) is 2.51. The number of para-hydroxylation sites is 1. The average molecular weight is 358 g/mol. The number of hydrogen-bond acceptors (Lipinski definition) is 3. The maximum absolute atomic E-state index is 12.4. The second kappa shape index (κ2) is 7.68. The Morgan fingerprint density at radius 3 is 2.60 bits per heavy atom. The van der Waals surface area contributed by atoms with Gasteiger partial charge in [0, 0.05) is 25.6 Å². The van der Waals surface area contributed by atoms with Gasteiger partial charge in [0.25, 0.3) is 0 Å². The van der Waals surface area contributed by atoms with Gasteiger partial charge in [0.1, 0.15) is 0 Å². The molecule has 2 aromatic rings. The van der Waals surface area contributed by atoms with Crippen LogP contribution in [-0.4, -0.2) is 24.9 Å². The van der Waals surface area contributed by atoms with Crippen molar-refractivity contribution in [1.82, 2.24) is 5.32 Å². The van der Waals surface area contributed by atoms with E-state index in [-0.39, 0.29) is 24.3 Å². The van der Waals surface area contributed by atoms with E-state index in [9.17, 15) is 9.59 Å². The van der Waals surface area contributed by atoms with Crippen LogP contribution in [0.4, 0.5) is 5.69 Å². The first kappa shape index (κ1) is 17.5. The maximum atomic E-state index is 12.4. The third-order valence-corrected chi connectivity index (χ3v) is 4.68. The minimum Gasteiger partial charge on any atom is -0.354 e. The van der Waals surface area contributed by atoms with E-state index in [2.05, 4.69) is 5.32 Å². The highest BCUT2D eigenvalue weighted by molar-refractivity contribution is 6.33. The van der Waals surface area contributed by atoms with E-state index in [0.717, 1.165) is 5.56 Å². The lowest BCUT2D eigenvalue weighted by atomic mass is 10.1. The van der Waals surface area contributed by atoms with Crippen molar-refractivity contribution in [3.8, 4) is 0 Å². The summed E-state index contributed by atoms with van der Waals surface area (Å²) in [5, 5.41) is 3.36. The lowest BCUT2D eigenvalue weighted by molar-refractivity contribution is -0.126. The molecule has 2 unspecified atom stereocenters. The summed E-state index contributed by atoms with van der Waals surface area (Å²) in [6, 6.07) is 16.5. The van der Waals surface area contributed by atoms with Gasteiger partial charge in [-0.2, -0.15) is 0 Å². The van der Waals surface area contributed by atoms with Crippen LogP contribution >= 0.6 is 11.6 Å². The van der Waals surface area contributed by atoms with Gasteiger partial charge in [0.2, 0.25) is 11.8 Å². The van der Waals surface area contributed by atoms with Crippen LogP contribution < -0.4 is 16.0 Å². The van der Waals surface area contributed by atoms with Crippen molar-refractivity contribution in [3.63, 3.8) is 0 Å². The molecule has 0 aliphatic carbocycles. The summed E-state index contributed by atoms with van der Waals surface area (Å²) in [5.74, 6) is -0.651. The first-order chi connectivity index (χ1) is 12.1. The van der Waals surface area contributed by atoms with Crippen LogP contribution in [0.1, 0.15) is 18.0 Å². The quantitative estimate of drug-likeness (QED) is 0.863. The molecule has 3 N–H and O–H groups in total. The summed E-state index contributed by atoms with van der Waals surface area (Å²) in [4.78, 5) is 26.2. The predicted molar refractivity (Wildman–Crippen MR) is 98.3 cm³/mol. The third-order valence-electron chi connectivity index (χ3n) is 4.36. The van der Waals surface area contributed by atoms with Gasteiger partial charge in [-0.05, 0) is 17.7 Å². The Morgan fingerprint density at radius 2 is 1.88 bits per heavy atom. The second-order valence-electron chi connectivity index (χ2n) is 6.12. The van der Waals surface area contributed by atoms with Crippen LogP contribution in [0.25, 0.3) is 0 Å². The highest BCUT2D eigenvalue weighted by atomic mass is 35.5. The molecule has 0 spiro atoms. The van der Waals surface area contributed by atoms with E-state index >= 15 is 0 Å². The smallest absolute Gasteiger partial charge is 0.227 e. The number of nitrogens with one attached hydrogen (secondary N) is 1. The number of rotatable bonds is 5. The van der Waals surface area contributed by atoms with E-state index in [1.54, 1.807) is 17.0 Å². The molecule has 1 aliphatic rings. The number of hydrogen-bond donors (Lipinski definition) is 2. The highest BCUT2D eigenvalue weighted by Gasteiger charge is 2.35.